The molecule has 0 bridgehead atoms. The Morgan fingerprint density at radius 1 is 1.29 bits per heavy atom. The number of nitrogens with zero attached hydrogens (tertiary/aromatic N) is 1. The van der Waals surface area contributed by atoms with Gasteiger partial charge in [0.15, 0.2) is 0 Å². The summed E-state index contributed by atoms with van der Waals surface area (Å²) in [5, 5.41) is 5.01. The largest absolute Gasteiger partial charge is 0.312 e. The Morgan fingerprint density at radius 3 is 2.52 bits per heavy atom. The van der Waals surface area contributed by atoms with Crippen molar-refractivity contribution in [2.45, 2.75) is 45.2 Å². The molecule has 1 heterocycles. The minimum atomic E-state index is -3.45. The van der Waals surface area contributed by atoms with Crippen LogP contribution in [0.2, 0.25) is 0 Å². The van der Waals surface area contributed by atoms with Crippen molar-refractivity contribution >= 4 is 21.4 Å². The van der Waals surface area contributed by atoms with E-state index < -0.39 is 10.0 Å². The Morgan fingerprint density at radius 2 is 1.95 bits per heavy atom. The van der Waals surface area contributed by atoms with Crippen LogP contribution in [0.25, 0.3) is 0 Å². The molecule has 1 aromatic heterocycles. The normalized spacial score (nSPS) is 13.8. The zero-order valence-electron chi connectivity index (χ0n) is 13.3. The lowest BCUT2D eigenvalue weighted by molar-refractivity contribution is 0.282. The summed E-state index contributed by atoms with van der Waals surface area (Å²) in [6.45, 7) is 12.1. The van der Waals surface area contributed by atoms with E-state index in [1.807, 2.05) is 19.2 Å². The fraction of sp³-hybridized carbons (Fsp3) is 0.714. The molecule has 21 heavy (non-hydrogen) atoms. The van der Waals surface area contributed by atoms with Crippen LogP contribution in [0.15, 0.2) is 16.3 Å². The van der Waals surface area contributed by atoms with Gasteiger partial charge < -0.3 is 10.2 Å². The lowest BCUT2D eigenvalue weighted by Gasteiger charge is -2.23. The molecule has 0 aliphatic carbocycles. The van der Waals surface area contributed by atoms with Gasteiger partial charge in [-0.25, -0.2) is 13.1 Å². The van der Waals surface area contributed by atoms with E-state index in [4.69, 9.17) is 0 Å². The maximum Gasteiger partial charge on any atom is 0.242 e. The summed E-state index contributed by atoms with van der Waals surface area (Å²) in [4.78, 5) is 3.47. The maximum absolute atomic E-state index is 12.5. The summed E-state index contributed by atoms with van der Waals surface area (Å²) < 4.78 is 27.8. The van der Waals surface area contributed by atoms with E-state index in [-0.39, 0.29) is 6.04 Å². The number of likely N-dealkylation sites (N-methyl/N-ethyl adjacent to an activating group) is 1. The summed E-state index contributed by atoms with van der Waals surface area (Å²) in [7, 11) is -3.45. The second-order valence-electron chi connectivity index (χ2n) is 5.00. The topological polar surface area (TPSA) is 61.4 Å². The summed E-state index contributed by atoms with van der Waals surface area (Å²) in [5.41, 5.74) is 0. The average Bonchev–Trinajstić information content (AvgIpc) is 2.91. The Kier molecular flexibility index (Phi) is 7.83. The van der Waals surface area contributed by atoms with E-state index in [0.717, 1.165) is 31.1 Å². The van der Waals surface area contributed by atoms with Crippen LogP contribution < -0.4 is 10.0 Å². The zero-order valence-corrected chi connectivity index (χ0v) is 15.0. The molecule has 0 saturated carbocycles. The minimum Gasteiger partial charge on any atom is -0.312 e. The monoisotopic (exact) mass is 333 g/mol. The van der Waals surface area contributed by atoms with Crippen molar-refractivity contribution in [3.05, 3.63) is 16.3 Å². The van der Waals surface area contributed by atoms with Gasteiger partial charge in [0.25, 0.3) is 0 Å². The summed E-state index contributed by atoms with van der Waals surface area (Å²) in [5.74, 6) is 0. The molecule has 0 aromatic carbocycles. The molecule has 1 aromatic rings. The van der Waals surface area contributed by atoms with E-state index in [9.17, 15) is 8.42 Å². The van der Waals surface area contributed by atoms with Crippen LogP contribution in [-0.4, -0.2) is 45.5 Å². The molecular weight excluding hydrogens is 306 g/mol. The lowest BCUT2D eigenvalue weighted by Crippen LogP contribution is -2.42. The van der Waals surface area contributed by atoms with Gasteiger partial charge in [0.2, 0.25) is 10.0 Å². The van der Waals surface area contributed by atoms with Gasteiger partial charge in [-0.3, -0.25) is 0 Å². The van der Waals surface area contributed by atoms with Crippen LogP contribution in [-0.2, 0) is 16.6 Å². The van der Waals surface area contributed by atoms with Crippen LogP contribution >= 0.6 is 11.3 Å². The number of sulfonamides is 1. The molecule has 0 fully saturated rings. The van der Waals surface area contributed by atoms with Gasteiger partial charge in [0.1, 0.15) is 0 Å². The Labute approximate surface area is 132 Å². The summed E-state index contributed by atoms with van der Waals surface area (Å²) in [6, 6.07) is 1.57. The van der Waals surface area contributed by atoms with E-state index in [1.54, 1.807) is 6.07 Å². The molecule has 1 rings (SSSR count). The van der Waals surface area contributed by atoms with E-state index in [1.165, 1.54) is 11.3 Å². The molecule has 0 radical (unpaired) electrons. The van der Waals surface area contributed by atoms with Crippen LogP contribution in [0.5, 0.6) is 0 Å². The van der Waals surface area contributed by atoms with E-state index in [2.05, 4.69) is 28.8 Å². The van der Waals surface area contributed by atoms with Crippen molar-refractivity contribution in [3.63, 3.8) is 0 Å². The molecule has 0 amide bonds. The fourth-order valence-corrected chi connectivity index (χ4v) is 4.82. The number of rotatable bonds is 10. The van der Waals surface area contributed by atoms with Gasteiger partial charge in [0.05, 0.1) is 4.90 Å². The maximum atomic E-state index is 12.5. The van der Waals surface area contributed by atoms with Crippen molar-refractivity contribution in [2.24, 2.45) is 0 Å². The lowest BCUT2D eigenvalue weighted by atomic mass is 10.3. The number of thiophene rings is 1. The third-order valence-corrected chi connectivity index (χ3v) is 6.04. The molecule has 122 valence electrons. The first kappa shape index (κ1) is 18.6. The molecule has 1 unspecified atom stereocenters. The van der Waals surface area contributed by atoms with Gasteiger partial charge in [-0.1, -0.05) is 20.8 Å². The van der Waals surface area contributed by atoms with E-state index >= 15 is 0 Å². The average molecular weight is 334 g/mol. The highest BCUT2D eigenvalue weighted by atomic mass is 32.2. The number of nitrogens with one attached hydrogen (secondary N) is 2. The second-order valence-corrected chi connectivity index (χ2v) is 7.68. The highest BCUT2D eigenvalue weighted by Gasteiger charge is 2.22. The first-order valence-corrected chi connectivity index (χ1v) is 9.82. The van der Waals surface area contributed by atoms with E-state index in [0.29, 0.717) is 11.4 Å². The number of hydrogen-bond acceptors (Lipinski definition) is 5. The summed E-state index contributed by atoms with van der Waals surface area (Å²) in [6.07, 6.45) is 0. The standard InChI is InChI=1S/C14H27N3O2S2/c1-5-15-10-13-14(8-9-20-13)21(18,19)16-12(4)11-17(6-2)7-3/h8-9,12,15-16H,5-7,10-11H2,1-4H3. The van der Waals surface area contributed by atoms with Crippen molar-refractivity contribution in [1.29, 1.82) is 0 Å². The zero-order chi connectivity index (χ0) is 15.9. The predicted molar refractivity (Wildman–Crippen MR) is 89.3 cm³/mol. The van der Waals surface area contributed by atoms with Crippen LogP contribution in [0.1, 0.15) is 32.6 Å². The molecule has 0 aliphatic heterocycles. The van der Waals surface area contributed by atoms with Gasteiger partial charge in [-0.2, -0.15) is 0 Å². The third-order valence-electron chi connectivity index (χ3n) is 3.31. The molecule has 2 N–H and O–H groups in total. The Hall–Kier alpha value is -0.470. The van der Waals surface area contributed by atoms with Crippen molar-refractivity contribution in [1.82, 2.24) is 14.9 Å². The predicted octanol–water partition coefficient (Wildman–Crippen LogP) is 1.87. The molecule has 1 atom stereocenters. The summed E-state index contributed by atoms with van der Waals surface area (Å²) >= 11 is 1.47. The highest BCUT2D eigenvalue weighted by Crippen LogP contribution is 2.22. The van der Waals surface area contributed by atoms with Gasteiger partial charge in [-0.15, -0.1) is 11.3 Å². The molecule has 0 spiro atoms. The molecular formula is C14H27N3O2S2. The molecule has 0 saturated heterocycles. The quantitative estimate of drug-likeness (QED) is 0.686. The number of hydrogen-bond donors (Lipinski definition) is 2. The highest BCUT2D eigenvalue weighted by molar-refractivity contribution is 7.89. The minimum absolute atomic E-state index is 0.109. The fourth-order valence-electron chi connectivity index (χ4n) is 2.17. The van der Waals surface area contributed by atoms with Crippen LogP contribution in [0.4, 0.5) is 0 Å². The van der Waals surface area contributed by atoms with Gasteiger partial charge in [-0.05, 0) is 38.0 Å². The molecule has 5 nitrogen and oxygen atoms in total. The Balaban J connectivity index is 2.75. The van der Waals surface area contributed by atoms with Gasteiger partial charge in [0, 0.05) is 24.0 Å². The second kappa shape index (κ2) is 8.85. The van der Waals surface area contributed by atoms with Crippen LogP contribution in [0, 0.1) is 0 Å². The van der Waals surface area contributed by atoms with Crippen molar-refractivity contribution in [2.75, 3.05) is 26.2 Å². The van der Waals surface area contributed by atoms with Crippen molar-refractivity contribution in [3.8, 4) is 0 Å². The third kappa shape index (κ3) is 5.67. The SMILES string of the molecule is CCNCc1sccc1S(=O)(=O)NC(C)CN(CC)CC. The van der Waals surface area contributed by atoms with Gasteiger partial charge >= 0.3 is 0 Å². The van der Waals surface area contributed by atoms with Crippen molar-refractivity contribution < 1.29 is 8.42 Å². The smallest absolute Gasteiger partial charge is 0.242 e. The molecule has 7 heteroatoms. The first-order valence-electron chi connectivity index (χ1n) is 7.46. The molecule has 0 aliphatic rings. The van der Waals surface area contributed by atoms with Crippen LogP contribution in [0.3, 0.4) is 0 Å². The first-order chi connectivity index (χ1) is 9.94. The Bertz CT molecular complexity index is 510.